The van der Waals surface area contributed by atoms with Crippen molar-refractivity contribution in [2.75, 3.05) is 23.4 Å². The van der Waals surface area contributed by atoms with Gasteiger partial charge >= 0.3 is 0 Å². The molecule has 1 aliphatic heterocycles. The first-order valence-electron chi connectivity index (χ1n) is 6.57. The second-order valence-corrected chi connectivity index (χ2v) is 6.02. The standard InChI is InChI=1S/C14H19N3O2S/c1-9-6-10(2-3-12(9)14(15)19)17-13(18)7-11-8-20-5-4-16-11/h2-3,6,11,16H,4-5,7-8H2,1H3,(H2,15,19)(H,17,18). The average Bonchev–Trinajstić information content (AvgIpc) is 2.39. The van der Waals surface area contributed by atoms with E-state index in [0.717, 1.165) is 23.6 Å². The Morgan fingerprint density at radius 2 is 2.30 bits per heavy atom. The molecule has 1 unspecified atom stereocenters. The van der Waals surface area contributed by atoms with Gasteiger partial charge in [0, 0.05) is 41.8 Å². The topological polar surface area (TPSA) is 84.2 Å². The van der Waals surface area contributed by atoms with Gasteiger partial charge in [-0.25, -0.2) is 0 Å². The van der Waals surface area contributed by atoms with Gasteiger partial charge in [0.15, 0.2) is 0 Å². The maximum atomic E-state index is 12.0. The molecule has 0 radical (unpaired) electrons. The molecule has 0 aliphatic carbocycles. The SMILES string of the molecule is Cc1cc(NC(=O)CC2CSCCN2)ccc1C(N)=O. The van der Waals surface area contributed by atoms with E-state index >= 15 is 0 Å². The number of hydrogen-bond acceptors (Lipinski definition) is 4. The Balaban J connectivity index is 1.93. The highest BCUT2D eigenvalue weighted by molar-refractivity contribution is 7.99. The van der Waals surface area contributed by atoms with Crippen LogP contribution in [0.3, 0.4) is 0 Å². The number of aryl methyl sites for hydroxylation is 1. The first-order chi connectivity index (χ1) is 9.56. The smallest absolute Gasteiger partial charge is 0.248 e. The monoisotopic (exact) mass is 293 g/mol. The maximum absolute atomic E-state index is 12.0. The first-order valence-corrected chi connectivity index (χ1v) is 7.73. The molecule has 5 nitrogen and oxygen atoms in total. The zero-order valence-electron chi connectivity index (χ0n) is 11.4. The number of anilines is 1. The van der Waals surface area contributed by atoms with Crippen molar-refractivity contribution in [1.29, 1.82) is 0 Å². The van der Waals surface area contributed by atoms with E-state index in [1.807, 2.05) is 11.8 Å². The third-order valence-corrected chi connectivity index (χ3v) is 4.34. The molecule has 4 N–H and O–H groups in total. The summed E-state index contributed by atoms with van der Waals surface area (Å²) in [7, 11) is 0. The van der Waals surface area contributed by atoms with Crippen LogP contribution in [0.15, 0.2) is 18.2 Å². The van der Waals surface area contributed by atoms with Crippen LogP contribution in [0.25, 0.3) is 0 Å². The largest absolute Gasteiger partial charge is 0.366 e. The number of rotatable bonds is 4. The normalized spacial score (nSPS) is 18.6. The van der Waals surface area contributed by atoms with Crippen molar-refractivity contribution in [1.82, 2.24) is 5.32 Å². The fraction of sp³-hybridized carbons (Fsp3) is 0.429. The van der Waals surface area contributed by atoms with E-state index in [1.165, 1.54) is 0 Å². The molecule has 1 heterocycles. The highest BCUT2D eigenvalue weighted by Crippen LogP contribution is 2.16. The van der Waals surface area contributed by atoms with Crippen molar-refractivity contribution in [2.45, 2.75) is 19.4 Å². The molecule has 6 heteroatoms. The van der Waals surface area contributed by atoms with Crippen LogP contribution in [0.2, 0.25) is 0 Å². The van der Waals surface area contributed by atoms with E-state index in [-0.39, 0.29) is 11.9 Å². The van der Waals surface area contributed by atoms with Crippen molar-refractivity contribution in [3.05, 3.63) is 29.3 Å². The van der Waals surface area contributed by atoms with Gasteiger partial charge in [-0.3, -0.25) is 9.59 Å². The van der Waals surface area contributed by atoms with Gasteiger partial charge in [-0.15, -0.1) is 0 Å². The number of carbonyl (C=O) groups excluding carboxylic acids is 2. The molecule has 0 bridgehead atoms. The van der Waals surface area contributed by atoms with Gasteiger partial charge in [0.1, 0.15) is 0 Å². The van der Waals surface area contributed by atoms with Crippen molar-refractivity contribution < 1.29 is 9.59 Å². The van der Waals surface area contributed by atoms with Crippen LogP contribution >= 0.6 is 11.8 Å². The lowest BCUT2D eigenvalue weighted by Crippen LogP contribution is -2.39. The highest BCUT2D eigenvalue weighted by atomic mass is 32.2. The lowest BCUT2D eigenvalue weighted by Gasteiger charge is -2.22. The Morgan fingerprint density at radius 3 is 2.90 bits per heavy atom. The summed E-state index contributed by atoms with van der Waals surface area (Å²) in [5, 5.41) is 6.18. The molecule has 20 heavy (non-hydrogen) atoms. The molecule has 1 aromatic rings. The van der Waals surface area contributed by atoms with Crippen LogP contribution in [0.5, 0.6) is 0 Å². The van der Waals surface area contributed by atoms with E-state index in [1.54, 1.807) is 25.1 Å². The van der Waals surface area contributed by atoms with Crippen LogP contribution in [-0.4, -0.2) is 35.9 Å². The minimum atomic E-state index is -0.455. The first kappa shape index (κ1) is 14.9. The molecule has 0 spiro atoms. The third-order valence-electron chi connectivity index (χ3n) is 3.21. The molecule has 1 saturated heterocycles. The number of thioether (sulfide) groups is 1. The summed E-state index contributed by atoms with van der Waals surface area (Å²) in [4.78, 5) is 23.1. The predicted molar refractivity (Wildman–Crippen MR) is 82.1 cm³/mol. The van der Waals surface area contributed by atoms with Crippen molar-refractivity contribution in [2.24, 2.45) is 5.73 Å². The molecule has 0 saturated carbocycles. The zero-order valence-corrected chi connectivity index (χ0v) is 12.3. The fourth-order valence-electron chi connectivity index (χ4n) is 2.20. The summed E-state index contributed by atoms with van der Waals surface area (Å²) in [6.45, 7) is 2.75. The summed E-state index contributed by atoms with van der Waals surface area (Å²) >= 11 is 1.87. The Morgan fingerprint density at radius 1 is 1.50 bits per heavy atom. The van der Waals surface area contributed by atoms with Crippen molar-refractivity contribution >= 4 is 29.3 Å². The second kappa shape index (κ2) is 6.76. The quantitative estimate of drug-likeness (QED) is 0.777. The average molecular weight is 293 g/mol. The molecule has 1 aliphatic rings. The minimum Gasteiger partial charge on any atom is -0.366 e. The number of hydrogen-bond donors (Lipinski definition) is 3. The summed E-state index contributed by atoms with van der Waals surface area (Å²) < 4.78 is 0. The molecule has 108 valence electrons. The molecule has 1 aromatic carbocycles. The molecular formula is C14H19N3O2S. The van der Waals surface area contributed by atoms with E-state index in [2.05, 4.69) is 10.6 Å². The van der Waals surface area contributed by atoms with Gasteiger partial charge in [-0.1, -0.05) is 0 Å². The minimum absolute atomic E-state index is 0.0174. The number of primary amides is 1. The maximum Gasteiger partial charge on any atom is 0.248 e. The van der Waals surface area contributed by atoms with Crippen LogP contribution in [0.1, 0.15) is 22.3 Å². The number of amides is 2. The summed E-state index contributed by atoms with van der Waals surface area (Å²) in [6.07, 6.45) is 0.462. The molecule has 1 fully saturated rings. The molecule has 0 aromatic heterocycles. The van der Waals surface area contributed by atoms with E-state index < -0.39 is 5.91 Å². The lowest BCUT2D eigenvalue weighted by atomic mass is 10.1. The van der Waals surface area contributed by atoms with E-state index in [4.69, 9.17) is 5.73 Å². The number of nitrogens with two attached hydrogens (primary N) is 1. The predicted octanol–water partition coefficient (Wildman–Crippen LogP) is 1.13. The van der Waals surface area contributed by atoms with Crippen LogP contribution in [0.4, 0.5) is 5.69 Å². The van der Waals surface area contributed by atoms with Gasteiger partial charge in [-0.05, 0) is 30.7 Å². The van der Waals surface area contributed by atoms with Gasteiger partial charge in [0.05, 0.1) is 0 Å². The Bertz CT molecular complexity index is 513. The fourth-order valence-corrected chi connectivity index (χ4v) is 3.15. The van der Waals surface area contributed by atoms with Gasteiger partial charge in [0.2, 0.25) is 11.8 Å². The van der Waals surface area contributed by atoms with Crippen molar-refractivity contribution in [3.8, 4) is 0 Å². The molecule has 1 atom stereocenters. The zero-order chi connectivity index (χ0) is 14.5. The van der Waals surface area contributed by atoms with Crippen molar-refractivity contribution in [3.63, 3.8) is 0 Å². The van der Waals surface area contributed by atoms with Gasteiger partial charge < -0.3 is 16.4 Å². The number of carbonyl (C=O) groups is 2. The molecule has 2 rings (SSSR count). The number of nitrogens with one attached hydrogen (secondary N) is 2. The molecule has 2 amide bonds. The highest BCUT2D eigenvalue weighted by Gasteiger charge is 2.17. The Hall–Kier alpha value is -1.53. The Labute approximate surface area is 122 Å². The van der Waals surface area contributed by atoms with Crippen LogP contribution in [-0.2, 0) is 4.79 Å². The van der Waals surface area contributed by atoms with Gasteiger partial charge in [-0.2, -0.15) is 11.8 Å². The lowest BCUT2D eigenvalue weighted by molar-refractivity contribution is -0.116. The third kappa shape index (κ3) is 3.98. The summed E-state index contributed by atoms with van der Waals surface area (Å²) in [5.74, 6) is 1.60. The number of benzene rings is 1. The Kier molecular flexibility index (Phi) is 5.03. The van der Waals surface area contributed by atoms with Crippen LogP contribution < -0.4 is 16.4 Å². The van der Waals surface area contributed by atoms with E-state index in [9.17, 15) is 9.59 Å². The van der Waals surface area contributed by atoms with Crippen LogP contribution in [0, 0.1) is 6.92 Å². The summed E-state index contributed by atoms with van der Waals surface area (Å²) in [5.41, 5.74) is 7.19. The van der Waals surface area contributed by atoms with Gasteiger partial charge in [0.25, 0.3) is 0 Å². The summed E-state index contributed by atoms with van der Waals surface area (Å²) in [6, 6.07) is 5.34. The van der Waals surface area contributed by atoms with E-state index in [0.29, 0.717) is 17.7 Å². The molecular weight excluding hydrogens is 274 g/mol. The second-order valence-electron chi connectivity index (χ2n) is 4.87.